The summed E-state index contributed by atoms with van der Waals surface area (Å²) in [4.78, 5) is 0. The van der Waals surface area contributed by atoms with Crippen molar-refractivity contribution in [2.75, 3.05) is 5.73 Å². The van der Waals surface area contributed by atoms with Gasteiger partial charge >= 0.3 is 0 Å². The van der Waals surface area contributed by atoms with Gasteiger partial charge in [0.25, 0.3) is 0 Å². The average Bonchev–Trinajstić information content (AvgIpc) is 3.32. The maximum absolute atomic E-state index is 6.23. The zero-order valence-corrected chi connectivity index (χ0v) is 20.9. The summed E-state index contributed by atoms with van der Waals surface area (Å²) in [6.45, 7) is 0. The van der Waals surface area contributed by atoms with Crippen molar-refractivity contribution in [2.45, 2.75) is 0 Å². The fourth-order valence-electron chi connectivity index (χ4n) is 5.59. The molecule has 2 nitrogen and oxygen atoms in total. The second kappa shape index (κ2) is 9.10. The Morgan fingerprint density at radius 3 is 1.61 bits per heavy atom. The summed E-state index contributed by atoms with van der Waals surface area (Å²) in [6, 6.07) is 51.5. The molecule has 0 bridgehead atoms. The molecular formula is C36H26N2. The topological polar surface area (TPSA) is 30.9 Å². The Morgan fingerprint density at radius 2 is 0.921 bits per heavy atom. The molecule has 0 radical (unpaired) electrons. The van der Waals surface area contributed by atoms with Crippen LogP contribution in [0.5, 0.6) is 0 Å². The van der Waals surface area contributed by atoms with Crippen LogP contribution in [-0.2, 0) is 0 Å². The van der Waals surface area contributed by atoms with Crippen molar-refractivity contribution in [1.29, 1.82) is 0 Å². The van der Waals surface area contributed by atoms with E-state index in [2.05, 4.69) is 138 Å². The van der Waals surface area contributed by atoms with E-state index in [0.717, 1.165) is 16.8 Å². The summed E-state index contributed by atoms with van der Waals surface area (Å²) < 4.78 is 2.39. The molecule has 0 atom stereocenters. The normalized spacial score (nSPS) is 11.3. The van der Waals surface area contributed by atoms with Gasteiger partial charge < -0.3 is 10.3 Å². The first-order chi connectivity index (χ1) is 18.8. The van der Waals surface area contributed by atoms with E-state index in [9.17, 15) is 0 Å². The highest BCUT2D eigenvalue weighted by Crippen LogP contribution is 2.38. The fourth-order valence-corrected chi connectivity index (χ4v) is 5.59. The van der Waals surface area contributed by atoms with Crippen molar-refractivity contribution in [3.63, 3.8) is 0 Å². The molecule has 0 saturated heterocycles. The lowest BCUT2D eigenvalue weighted by atomic mass is 9.92. The van der Waals surface area contributed by atoms with E-state index in [0.29, 0.717) is 0 Å². The van der Waals surface area contributed by atoms with Gasteiger partial charge in [-0.25, -0.2) is 0 Å². The average molecular weight is 487 g/mol. The van der Waals surface area contributed by atoms with Crippen LogP contribution in [0, 0.1) is 0 Å². The summed E-state index contributed by atoms with van der Waals surface area (Å²) in [5.74, 6) is 0. The molecule has 2 heteroatoms. The van der Waals surface area contributed by atoms with Crippen LogP contribution in [0.15, 0.2) is 146 Å². The molecule has 0 saturated carbocycles. The third-order valence-electron chi connectivity index (χ3n) is 7.36. The third kappa shape index (κ3) is 3.66. The first-order valence-electron chi connectivity index (χ1n) is 12.9. The van der Waals surface area contributed by atoms with E-state index in [1.165, 1.54) is 49.7 Å². The minimum Gasteiger partial charge on any atom is -0.399 e. The number of hydrogen-bond donors (Lipinski definition) is 1. The van der Waals surface area contributed by atoms with Crippen molar-refractivity contribution >= 4 is 27.5 Å². The highest BCUT2D eigenvalue weighted by Gasteiger charge is 2.15. The van der Waals surface area contributed by atoms with Crippen LogP contribution in [0.1, 0.15) is 0 Å². The summed E-state index contributed by atoms with van der Waals surface area (Å²) in [5, 5.41) is 2.53. The molecular weight excluding hydrogens is 460 g/mol. The number of hydrogen-bond acceptors (Lipinski definition) is 1. The SMILES string of the molecule is Nc1ccc(-c2ccccc2)c(-c2ccc(-c3ccccc3-n3c4ccccc4c4ccccc43)cc2)c1. The van der Waals surface area contributed by atoms with Gasteiger partial charge in [-0.1, -0.05) is 115 Å². The van der Waals surface area contributed by atoms with Crippen LogP contribution in [0.25, 0.3) is 60.9 Å². The van der Waals surface area contributed by atoms with E-state index in [-0.39, 0.29) is 0 Å². The van der Waals surface area contributed by atoms with E-state index < -0.39 is 0 Å². The number of anilines is 1. The van der Waals surface area contributed by atoms with Gasteiger partial charge in [0.15, 0.2) is 0 Å². The molecule has 0 spiro atoms. The van der Waals surface area contributed by atoms with E-state index >= 15 is 0 Å². The van der Waals surface area contributed by atoms with Crippen molar-refractivity contribution in [3.8, 4) is 39.1 Å². The third-order valence-corrected chi connectivity index (χ3v) is 7.36. The Balaban J connectivity index is 1.37. The molecule has 6 aromatic carbocycles. The molecule has 2 N–H and O–H groups in total. The number of rotatable bonds is 4. The lowest BCUT2D eigenvalue weighted by molar-refractivity contribution is 1.18. The zero-order valence-electron chi connectivity index (χ0n) is 20.9. The van der Waals surface area contributed by atoms with Gasteiger partial charge in [0.05, 0.1) is 16.7 Å². The number of benzene rings is 6. The zero-order chi connectivity index (χ0) is 25.5. The molecule has 7 aromatic rings. The lowest BCUT2D eigenvalue weighted by Gasteiger charge is -2.15. The molecule has 0 amide bonds. The Bertz CT molecular complexity index is 1860. The molecule has 0 fully saturated rings. The number of nitrogens with two attached hydrogens (primary N) is 1. The predicted molar refractivity (Wildman–Crippen MR) is 162 cm³/mol. The Hall–Kier alpha value is -5.08. The van der Waals surface area contributed by atoms with Crippen LogP contribution in [0.4, 0.5) is 5.69 Å². The second-order valence-corrected chi connectivity index (χ2v) is 9.64. The Kier molecular flexibility index (Phi) is 5.30. The molecule has 38 heavy (non-hydrogen) atoms. The van der Waals surface area contributed by atoms with Gasteiger partial charge in [0, 0.05) is 22.0 Å². The predicted octanol–water partition coefficient (Wildman–Crippen LogP) is 9.37. The van der Waals surface area contributed by atoms with Crippen molar-refractivity contribution < 1.29 is 0 Å². The van der Waals surface area contributed by atoms with Crippen LogP contribution in [-0.4, -0.2) is 4.57 Å². The van der Waals surface area contributed by atoms with Gasteiger partial charge in [-0.15, -0.1) is 0 Å². The van der Waals surface area contributed by atoms with Gasteiger partial charge in [0.1, 0.15) is 0 Å². The van der Waals surface area contributed by atoms with E-state index in [1.54, 1.807) is 0 Å². The maximum Gasteiger partial charge on any atom is 0.0541 e. The first kappa shape index (κ1) is 22.1. The van der Waals surface area contributed by atoms with Crippen molar-refractivity contribution in [3.05, 3.63) is 146 Å². The van der Waals surface area contributed by atoms with Crippen molar-refractivity contribution in [2.24, 2.45) is 0 Å². The summed E-state index contributed by atoms with van der Waals surface area (Å²) >= 11 is 0. The standard InChI is InChI=1S/C36H26N2/c37-28-22-23-29(25-10-2-1-3-11-25)33(24-28)27-20-18-26(19-21-27)30-12-4-7-15-34(30)38-35-16-8-5-13-31(35)32-14-6-9-17-36(32)38/h1-24H,37H2. The number of fused-ring (bicyclic) bond motifs is 3. The monoisotopic (exact) mass is 486 g/mol. The van der Waals surface area contributed by atoms with Gasteiger partial charge in [0.2, 0.25) is 0 Å². The smallest absolute Gasteiger partial charge is 0.0541 e. The highest BCUT2D eigenvalue weighted by atomic mass is 15.0. The number of nitrogen functional groups attached to an aromatic ring is 1. The largest absolute Gasteiger partial charge is 0.399 e. The van der Waals surface area contributed by atoms with Crippen LogP contribution in [0.3, 0.4) is 0 Å². The van der Waals surface area contributed by atoms with Crippen LogP contribution in [0.2, 0.25) is 0 Å². The minimum absolute atomic E-state index is 0.764. The van der Waals surface area contributed by atoms with Crippen LogP contribution < -0.4 is 5.73 Å². The molecule has 0 unspecified atom stereocenters. The highest BCUT2D eigenvalue weighted by molar-refractivity contribution is 6.09. The Morgan fingerprint density at radius 1 is 0.395 bits per heavy atom. The Labute approximate surface area is 222 Å². The van der Waals surface area contributed by atoms with Gasteiger partial charge in [-0.2, -0.15) is 0 Å². The number of nitrogens with zero attached hydrogens (tertiary/aromatic N) is 1. The van der Waals surface area contributed by atoms with Gasteiger partial charge in [-0.05, 0) is 58.1 Å². The quantitative estimate of drug-likeness (QED) is 0.247. The van der Waals surface area contributed by atoms with Crippen molar-refractivity contribution in [1.82, 2.24) is 4.57 Å². The molecule has 0 aliphatic rings. The van der Waals surface area contributed by atoms with Crippen LogP contribution >= 0.6 is 0 Å². The summed E-state index contributed by atoms with van der Waals surface area (Å²) in [6.07, 6.45) is 0. The molecule has 1 heterocycles. The molecule has 0 aliphatic heterocycles. The summed E-state index contributed by atoms with van der Waals surface area (Å²) in [7, 11) is 0. The molecule has 180 valence electrons. The molecule has 0 aliphatic carbocycles. The minimum atomic E-state index is 0.764. The van der Waals surface area contributed by atoms with E-state index in [1.807, 2.05) is 12.1 Å². The molecule has 7 rings (SSSR count). The maximum atomic E-state index is 6.23. The molecule has 1 aromatic heterocycles. The summed E-state index contributed by atoms with van der Waals surface area (Å²) in [5.41, 5.74) is 17.6. The number of aromatic nitrogens is 1. The van der Waals surface area contributed by atoms with E-state index in [4.69, 9.17) is 5.73 Å². The fraction of sp³-hybridized carbons (Fsp3) is 0. The number of para-hydroxylation sites is 3. The lowest BCUT2D eigenvalue weighted by Crippen LogP contribution is -1.97. The van der Waals surface area contributed by atoms with Gasteiger partial charge in [-0.3, -0.25) is 0 Å². The second-order valence-electron chi connectivity index (χ2n) is 9.64. The first-order valence-corrected chi connectivity index (χ1v) is 12.9.